The number of hydrogen-bond acceptors (Lipinski definition) is 1. The van der Waals surface area contributed by atoms with Crippen molar-refractivity contribution < 1.29 is 0 Å². The van der Waals surface area contributed by atoms with E-state index in [0.29, 0.717) is 5.41 Å². The molecule has 1 aromatic heterocycles. The van der Waals surface area contributed by atoms with Gasteiger partial charge in [-0.25, -0.2) is 0 Å². The molecule has 0 saturated heterocycles. The van der Waals surface area contributed by atoms with Crippen molar-refractivity contribution in [3.05, 3.63) is 28.9 Å². The maximum atomic E-state index is 3.76. The minimum Gasteiger partial charge on any atom is -0.344 e. The normalized spacial score (nSPS) is 16.2. The molecule has 0 radical (unpaired) electrons. The van der Waals surface area contributed by atoms with Gasteiger partial charge in [0.1, 0.15) is 0 Å². The van der Waals surface area contributed by atoms with E-state index in [1.165, 1.54) is 33.1 Å². The van der Waals surface area contributed by atoms with Crippen LogP contribution in [0.5, 0.6) is 0 Å². The minimum absolute atomic E-state index is 0.367. The summed E-state index contributed by atoms with van der Waals surface area (Å²) in [5.74, 6) is 1.15. The number of benzene rings is 1. The summed E-state index contributed by atoms with van der Waals surface area (Å²) >= 11 is 5.71. The van der Waals surface area contributed by atoms with Crippen LogP contribution in [0.1, 0.15) is 39.7 Å². The Balaban J connectivity index is 1.92. The first-order valence-corrected chi connectivity index (χ1v) is 8.65. The van der Waals surface area contributed by atoms with Gasteiger partial charge in [0.15, 0.2) is 0 Å². The number of aromatic nitrogens is 1. The quantitative estimate of drug-likeness (QED) is 0.633. The fraction of sp³-hybridized carbons (Fsp3) is 0.500. The molecular formula is C16H20BrNS. The van der Waals surface area contributed by atoms with Gasteiger partial charge in [-0.2, -0.15) is 0 Å². The van der Waals surface area contributed by atoms with Gasteiger partial charge in [-0.05, 0) is 52.4 Å². The van der Waals surface area contributed by atoms with E-state index in [4.69, 9.17) is 0 Å². The number of thioether (sulfide) groups is 1. The Bertz CT molecular complexity index is 605. The first-order valence-electron chi connectivity index (χ1n) is 6.87. The fourth-order valence-electron chi connectivity index (χ4n) is 2.27. The van der Waals surface area contributed by atoms with Crippen molar-refractivity contribution in [2.45, 2.75) is 44.6 Å². The molecule has 0 N–H and O–H groups in total. The van der Waals surface area contributed by atoms with Crippen molar-refractivity contribution >= 4 is 38.6 Å². The van der Waals surface area contributed by atoms with E-state index in [2.05, 4.69) is 65.7 Å². The summed E-state index contributed by atoms with van der Waals surface area (Å²) in [6.45, 7) is 6.87. The number of rotatable bonds is 3. The number of halogens is 1. The molecule has 1 aliphatic rings. The van der Waals surface area contributed by atoms with Gasteiger partial charge < -0.3 is 4.57 Å². The highest BCUT2D eigenvalue weighted by molar-refractivity contribution is 9.10. The molecule has 0 aliphatic heterocycles. The van der Waals surface area contributed by atoms with Gasteiger partial charge in [0.05, 0.1) is 5.52 Å². The molecule has 1 aliphatic carbocycles. The Morgan fingerprint density at radius 1 is 1.32 bits per heavy atom. The van der Waals surface area contributed by atoms with Crippen LogP contribution in [-0.4, -0.2) is 10.3 Å². The van der Waals surface area contributed by atoms with E-state index in [9.17, 15) is 0 Å². The number of nitrogens with zero attached hydrogens (tertiary/aromatic N) is 1. The van der Waals surface area contributed by atoms with Crippen molar-refractivity contribution in [2.24, 2.45) is 5.41 Å². The topological polar surface area (TPSA) is 4.93 Å². The maximum absolute atomic E-state index is 3.76. The van der Waals surface area contributed by atoms with Crippen LogP contribution in [0.2, 0.25) is 0 Å². The molecule has 0 atom stereocenters. The molecular weight excluding hydrogens is 318 g/mol. The van der Waals surface area contributed by atoms with Gasteiger partial charge in [-0.15, -0.1) is 11.8 Å². The van der Waals surface area contributed by atoms with Gasteiger partial charge in [-0.3, -0.25) is 0 Å². The number of hydrogen-bond donors (Lipinski definition) is 0. The van der Waals surface area contributed by atoms with Crippen molar-refractivity contribution in [3.63, 3.8) is 0 Å². The Kier molecular flexibility index (Phi) is 3.46. The molecule has 0 spiro atoms. The van der Waals surface area contributed by atoms with Crippen LogP contribution >= 0.6 is 27.7 Å². The van der Waals surface area contributed by atoms with Gasteiger partial charge in [0.2, 0.25) is 0 Å². The monoisotopic (exact) mass is 337 g/mol. The summed E-state index contributed by atoms with van der Waals surface area (Å²) < 4.78 is 3.66. The molecule has 1 nitrogen and oxygen atoms in total. The first-order chi connectivity index (χ1) is 8.94. The third-order valence-electron chi connectivity index (χ3n) is 3.35. The highest BCUT2D eigenvalue weighted by atomic mass is 79.9. The molecule has 0 amide bonds. The first kappa shape index (κ1) is 13.6. The summed E-state index contributed by atoms with van der Waals surface area (Å²) in [5, 5.41) is 1.36. The van der Waals surface area contributed by atoms with Crippen molar-refractivity contribution in [2.75, 3.05) is 5.75 Å². The van der Waals surface area contributed by atoms with Crippen molar-refractivity contribution in [1.29, 1.82) is 0 Å². The Morgan fingerprint density at radius 2 is 2.05 bits per heavy atom. The Hall–Kier alpha value is -0.410. The lowest BCUT2D eigenvalue weighted by atomic mass is 10.0. The Labute approximate surface area is 127 Å². The molecule has 3 rings (SSSR count). The second kappa shape index (κ2) is 4.85. The van der Waals surface area contributed by atoms with Crippen LogP contribution < -0.4 is 0 Å². The van der Waals surface area contributed by atoms with Gasteiger partial charge in [0.25, 0.3) is 0 Å². The molecule has 2 aromatic rings. The lowest BCUT2D eigenvalue weighted by molar-refractivity contribution is 0.481. The number of fused-ring (bicyclic) bond motifs is 1. The van der Waals surface area contributed by atoms with E-state index < -0.39 is 0 Å². The van der Waals surface area contributed by atoms with Gasteiger partial charge in [-0.1, -0.05) is 20.8 Å². The fourth-order valence-corrected chi connectivity index (χ4v) is 4.11. The van der Waals surface area contributed by atoms with Crippen LogP contribution in [-0.2, 0) is 0 Å². The molecule has 1 heterocycles. The standard InChI is InChI=1S/C16H20BrNS/c1-16(2,3)10-19-13-8-11-6-7-18(12-4-5-12)15(11)14(17)9-13/h6-9,12H,4-5,10H2,1-3H3. The molecule has 0 unspecified atom stereocenters. The molecule has 1 fully saturated rings. The highest BCUT2D eigenvalue weighted by Crippen LogP contribution is 2.41. The molecule has 102 valence electrons. The summed E-state index contributed by atoms with van der Waals surface area (Å²) in [4.78, 5) is 1.36. The average molecular weight is 338 g/mol. The summed E-state index contributed by atoms with van der Waals surface area (Å²) in [6.07, 6.45) is 4.90. The zero-order valence-electron chi connectivity index (χ0n) is 11.7. The lowest BCUT2D eigenvalue weighted by Crippen LogP contribution is -2.07. The maximum Gasteiger partial charge on any atom is 0.0628 e. The molecule has 19 heavy (non-hydrogen) atoms. The summed E-state index contributed by atoms with van der Waals surface area (Å²) in [7, 11) is 0. The zero-order chi connectivity index (χ0) is 13.6. The SMILES string of the molecule is CC(C)(C)CSc1cc(Br)c2c(ccn2C2CC2)c1. The molecule has 3 heteroatoms. The highest BCUT2D eigenvalue weighted by Gasteiger charge is 2.25. The zero-order valence-corrected chi connectivity index (χ0v) is 14.1. The Morgan fingerprint density at radius 3 is 2.68 bits per heavy atom. The second-order valence-electron chi connectivity index (χ2n) is 6.65. The van der Waals surface area contributed by atoms with E-state index in [0.717, 1.165) is 11.8 Å². The van der Waals surface area contributed by atoms with Crippen LogP contribution in [0, 0.1) is 5.41 Å². The molecule has 1 saturated carbocycles. The van der Waals surface area contributed by atoms with Crippen LogP contribution in [0.15, 0.2) is 33.8 Å². The summed E-state index contributed by atoms with van der Waals surface area (Å²) in [6, 6.07) is 7.59. The van der Waals surface area contributed by atoms with E-state index >= 15 is 0 Å². The van der Waals surface area contributed by atoms with Crippen LogP contribution in [0.25, 0.3) is 10.9 Å². The van der Waals surface area contributed by atoms with Crippen LogP contribution in [0.4, 0.5) is 0 Å². The van der Waals surface area contributed by atoms with E-state index in [1.807, 2.05) is 11.8 Å². The average Bonchev–Trinajstić information content (AvgIpc) is 3.06. The minimum atomic E-state index is 0.367. The molecule has 1 aromatic carbocycles. The lowest BCUT2D eigenvalue weighted by Gasteiger charge is -2.17. The largest absolute Gasteiger partial charge is 0.344 e. The second-order valence-corrected chi connectivity index (χ2v) is 8.55. The van der Waals surface area contributed by atoms with Gasteiger partial charge in [0, 0.05) is 32.7 Å². The summed E-state index contributed by atoms with van der Waals surface area (Å²) in [5.41, 5.74) is 1.73. The smallest absolute Gasteiger partial charge is 0.0628 e. The third kappa shape index (κ3) is 3.03. The van der Waals surface area contributed by atoms with Crippen molar-refractivity contribution in [1.82, 2.24) is 4.57 Å². The van der Waals surface area contributed by atoms with Crippen molar-refractivity contribution in [3.8, 4) is 0 Å². The predicted octanol–water partition coefficient (Wildman–Crippen LogP) is 5.88. The van der Waals surface area contributed by atoms with E-state index in [1.54, 1.807) is 0 Å². The van der Waals surface area contributed by atoms with E-state index in [-0.39, 0.29) is 0 Å². The predicted molar refractivity (Wildman–Crippen MR) is 88.1 cm³/mol. The molecule has 0 bridgehead atoms. The third-order valence-corrected chi connectivity index (χ3v) is 5.54. The van der Waals surface area contributed by atoms with Gasteiger partial charge >= 0.3 is 0 Å². The van der Waals surface area contributed by atoms with Crippen LogP contribution in [0.3, 0.4) is 0 Å².